The molecule has 0 radical (unpaired) electrons. The average molecular weight is 307 g/mol. The Morgan fingerprint density at radius 3 is 2.36 bits per heavy atom. The van der Waals surface area contributed by atoms with Gasteiger partial charge in [0.15, 0.2) is 11.6 Å². The maximum absolute atomic E-state index is 13.2. The quantitative estimate of drug-likeness (QED) is 0.907. The summed E-state index contributed by atoms with van der Waals surface area (Å²) in [6, 6.07) is 9.85. The number of benzene rings is 2. The van der Waals surface area contributed by atoms with Gasteiger partial charge in [0, 0.05) is 6.07 Å². The minimum absolute atomic E-state index is 0.0429. The second kappa shape index (κ2) is 6.66. The minimum Gasteiger partial charge on any atom is -0.478 e. The number of anilines is 1. The lowest BCUT2D eigenvalue weighted by molar-refractivity contribution is 0.0697. The number of hydrogen-bond acceptors (Lipinski definition) is 3. The van der Waals surface area contributed by atoms with Gasteiger partial charge in [-0.1, -0.05) is 30.3 Å². The fourth-order valence-electron chi connectivity index (χ4n) is 1.70. The first kappa shape index (κ1) is 15.4. The number of nitrogens with one attached hydrogen (secondary N) is 1. The Labute approximate surface area is 124 Å². The van der Waals surface area contributed by atoms with E-state index >= 15 is 0 Å². The van der Waals surface area contributed by atoms with Crippen LogP contribution in [-0.2, 0) is 11.3 Å². The van der Waals surface area contributed by atoms with Crippen molar-refractivity contribution >= 4 is 17.7 Å². The molecule has 2 N–H and O–H groups in total. The van der Waals surface area contributed by atoms with Crippen molar-refractivity contribution in [2.75, 3.05) is 5.32 Å². The topological polar surface area (TPSA) is 75.6 Å². The van der Waals surface area contributed by atoms with E-state index in [1.54, 1.807) is 30.3 Å². The first-order valence-corrected chi connectivity index (χ1v) is 6.17. The van der Waals surface area contributed by atoms with E-state index in [0.717, 1.165) is 5.56 Å². The second-order valence-electron chi connectivity index (χ2n) is 4.30. The Balaban J connectivity index is 2.08. The van der Waals surface area contributed by atoms with Gasteiger partial charge in [-0.3, -0.25) is 5.32 Å². The highest BCUT2D eigenvalue weighted by Gasteiger charge is 2.17. The molecule has 0 spiro atoms. The highest BCUT2D eigenvalue weighted by atomic mass is 19.2. The highest BCUT2D eigenvalue weighted by molar-refractivity contribution is 5.98. The summed E-state index contributed by atoms with van der Waals surface area (Å²) in [5.74, 6) is -4.10. The van der Waals surface area contributed by atoms with Gasteiger partial charge >= 0.3 is 12.1 Å². The van der Waals surface area contributed by atoms with Crippen LogP contribution in [0.25, 0.3) is 0 Å². The zero-order chi connectivity index (χ0) is 16.1. The summed E-state index contributed by atoms with van der Waals surface area (Å²) in [4.78, 5) is 22.6. The molecule has 0 aliphatic heterocycles. The fourth-order valence-corrected chi connectivity index (χ4v) is 1.70. The molecule has 0 aromatic heterocycles. The van der Waals surface area contributed by atoms with E-state index in [9.17, 15) is 18.4 Å². The van der Waals surface area contributed by atoms with Gasteiger partial charge in [0.05, 0.1) is 11.3 Å². The molecule has 2 rings (SSSR count). The van der Waals surface area contributed by atoms with Crippen LogP contribution in [0, 0.1) is 11.6 Å². The van der Waals surface area contributed by atoms with Gasteiger partial charge in [-0.05, 0) is 11.6 Å². The third-order valence-electron chi connectivity index (χ3n) is 2.74. The zero-order valence-corrected chi connectivity index (χ0v) is 11.2. The monoisotopic (exact) mass is 307 g/mol. The number of hydrogen-bond donors (Lipinski definition) is 2. The molecular weight excluding hydrogens is 296 g/mol. The molecule has 0 saturated heterocycles. The fraction of sp³-hybridized carbons (Fsp3) is 0.0667. The molecule has 0 aliphatic rings. The van der Waals surface area contributed by atoms with Crippen molar-refractivity contribution < 1.29 is 28.2 Å². The molecular formula is C15H11F2NO4. The lowest BCUT2D eigenvalue weighted by Gasteiger charge is -2.10. The normalized spacial score (nSPS) is 10.1. The molecule has 0 fully saturated rings. The van der Waals surface area contributed by atoms with Crippen LogP contribution in [0.4, 0.5) is 19.3 Å². The van der Waals surface area contributed by atoms with Gasteiger partial charge < -0.3 is 9.84 Å². The van der Waals surface area contributed by atoms with Gasteiger partial charge in [0.2, 0.25) is 0 Å². The Kier molecular flexibility index (Phi) is 4.67. The van der Waals surface area contributed by atoms with Crippen LogP contribution in [0.2, 0.25) is 0 Å². The van der Waals surface area contributed by atoms with E-state index in [1.807, 2.05) is 0 Å². The molecule has 5 nitrogen and oxygen atoms in total. The van der Waals surface area contributed by atoms with Crippen molar-refractivity contribution in [3.63, 3.8) is 0 Å². The lowest BCUT2D eigenvalue weighted by Crippen LogP contribution is -2.16. The Morgan fingerprint density at radius 1 is 1.09 bits per heavy atom. The molecule has 0 heterocycles. The number of carbonyl (C=O) groups excluding carboxylic acids is 1. The van der Waals surface area contributed by atoms with E-state index in [1.165, 1.54) is 0 Å². The van der Waals surface area contributed by atoms with Gasteiger partial charge in [-0.2, -0.15) is 0 Å². The summed E-state index contributed by atoms with van der Waals surface area (Å²) in [6.07, 6.45) is -0.975. The summed E-state index contributed by atoms with van der Waals surface area (Å²) in [5.41, 5.74) is -0.235. The summed E-state index contributed by atoms with van der Waals surface area (Å²) < 4.78 is 31.1. The molecule has 0 aliphatic carbocycles. The maximum Gasteiger partial charge on any atom is 0.411 e. The average Bonchev–Trinajstić information content (AvgIpc) is 2.49. The molecule has 0 saturated carbocycles. The first-order chi connectivity index (χ1) is 10.5. The number of carboxylic acid groups (broad SMARTS) is 1. The van der Waals surface area contributed by atoms with Crippen molar-refractivity contribution in [2.45, 2.75) is 6.61 Å². The number of aromatic carboxylic acids is 1. The van der Waals surface area contributed by atoms with Crippen LogP contribution in [0.5, 0.6) is 0 Å². The van der Waals surface area contributed by atoms with Crippen LogP contribution in [-0.4, -0.2) is 17.2 Å². The summed E-state index contributed by atoms with van der Waals surface area (Å²) in [6.45, 7) is -0.0429. The van der Waals surface area contributed by atoms with E-state index < -0.39 is 29.3 Å². The summed E-state index contributed by atoms with van der Waals surface area (Å²) in [5, 5.41) is 11.0. The van der Waals surface area contributed by atoms with Crippen molar-refractivity contribution in [2.24, 2.45) is 0 Å². The van der Waals surface area contributed by atoms with Gasteiger partial charge in [-0.25, -0.2) is 18.4 Å². The van der Waals surface area contributed by atoms with Gasteiger partial charge in [0.1, 0.15) is 6.61 Å². The predicted octanol–water partition coefficient (Wildman–Crippen LogP) is 3.41. The van der Waals surface area contributed by atoms with Crippen LogP contribution in [0.3, 0.4) is 0 Å². The Hall–Kier alpha value is -2.96. The largest absolute Gasteiger partial charge is 0.478 e. The van der Waals surface area contributed by atoms with E-state index in [2.05, 4.69) is 5.32 Å². The SMILES string of the molecule is O=C(Nc1cc(F)c(F)cc1C(=O)O)OCc1ccccc1. The molecule has 0 atom stereocenters. The summed E-state index contributed by atoms with van der Waals surface area (Å²) in [7, 11) is 0. The molecule has 7 heteroatoms. The van der Waals surface area contributed by atoms with Crippen molar-refractivity contribution in [3.8, 4) is 0 Å². The van der Waals surface area contributed by atoms with Crippen molar-refractivity contribution in [3.05, 3.63) is 65.2 Å². The Morgan fingerprint density at radius 2 is 1.73 bits per heavy atom. The number of carbonyl (C=O) groups is 2. The molecule has 1 amide bonds. The molecule has 0 unspecified atom stereocenters. The van der Waals surface area contributed by atoms with E-state index in [4.69, 9.17) is 9.84 Å². The number of carboxylic acids is 1. The van der Waals surface area contributed by atoms with Crippen molar-refractivity contribution in [1.82, 2.24) is 0 Å². The van der Waals surface area contributed by atoms with Gasteiger partial charge in [0.25, 0.3) is 0 Å². The van der Waals surface area contributed by atoms with E-state index in [0.29, 0.717) is 12.1 Å². The van der Waals surface area contributed by atoms with E-state index in [-0.39, 0.29) is 12.3 Å². The number of rotatable bonds is 4. The Bertz CT molecular complexity index is 704. The third-order valence-corrected chi connectivity index (χ3v) is 2.74. The second-order valence-corrected chi connectivity index (χ2v) is 4.30. The molecule has 114 valence electrons. The van der Waals surface area contributed by atoms with Crippen LogP contribution in [0.1, 0.15) is 15.9 Å². The van der Waals surface area contributed by atoms with Crippen molar-refractivity contribution in [1.29, 1.82) is 0 Å². The number of halogens is 2. The molecule has 22 heavy (non-hydrogen) atoms. The predicted molar refractivity (Wildman–Crippen MR) is 73.6 cm³/mol. The summed E-state index contributed by atoms with van der Waals surface area (Å²) >= 11 is 0. The van der Waals surface area contributed by atoms with Crippen LogP contribution in [0.15, 0.2) is 42.5 Å². The molecule has 2 aromatic carbocycles. The lowest BCUT2D eigenvalue weighted by atomic mass is 10.1. The molecule has 0 bridgehead atoms. The minimum atomic E-state index is -1.50. The maximum atomic E-state index is 13.2. The first-order valence-electron chi connectivity index (χ1n) is 6.17. The third kappa shape index (κ3) is 3.78. The van der Waals surface area contributed by atoms with Crippen LogP contribution >= 0.6 is 0 Å². The van der Waals surface area contributed by atoms with Crippen LogP contribution < -0.4 is 5.32 Å². The number of ether oxygens (including phenoxy) is 1. The number of amides is 1. The zero-order valence-electron chi connectivity index (χ0n) is 11.2. The standard InChI is InChI=1S/C15H11F2NO4/c16-11-6-10(14(19)20)13(7-12(11)17)18-15(21)22-8-9-4-2-1-3-5-9/h1-7H,8H2,(H,18,21)(H,19,20). The highest BCUT2D eigenvalue weighted by Crippen LogP contribution is 2.20. The van der Waals surface area contributed by atoms with Gasteiger partial charge in [-0.15, -0.1) is 0 Å². The smallest absolute Gasteiger partial charge is 0.411 e. The molecule has 2 aromatic rings.